The highest BCUT2D eigenvalue weighted by atomic mass is 35.5. The number of rotatable bonds is 6. The fourth-order valence-electron chi connectivity index (χ4n) is 4.83. The molecule has 0 aromatic heterocycles. The third-order valence-corrected chi connectivity index (χ3v) is 9.24. The van der Waals surface area contributed by atoms with Crippen molar-refractivity contribution < 1.29 is 17.9 Å². The first-order chi connectivity index (χ1) is 15.8. The van der Waals surface area contributed by atoms with Crippen LogP contribution in [0.2, 0.25) is 5.02 Å². The highest BCUT2D eigenvalue weighted by Crippen LogP contribution is 2.35. The molecule has 0 saturated carbocycles. The molecular weight excluding hydrogens is 460 g/mol. The Morgan fingerprint density at radius 3 is 2.39 bits per heavy atom. The van der Waals surface area contributed by atoms with E-state index in [0.717, 1.165) is 37.7 Å². The Hall–Kier alpha value is -1.93. The van der Waals surface area contributed by atoms with Gasteiger partial charge in [-0.25, -0.2) is 8.42 Å². The molecule has 0 aliphatic carbocycles. The SMILES string of the molecule is CC1CCCCN1S(=O)(=O)c1ccc(C(=O)NCC2(c3ccc(Cl)cc3)CCOCC2)cc1. The Morgan fingerprint density at radius 1 is 1.09 bits per heavy atom. The summed E-state index contributed by atoms with van der Waals surface area (Å²) in [5.74, 6) is -0.217. The molecule has 2 aliphatic heterocycles. The normalized spacial score (nSPS) is 21.5. The number of halogens is 1. The molecular formula is C25H31ClN2O4S. The number of carbonyl (C=O) groups is 1. The smallest absolute Gasteiger partial charge is 0.251 e. The number of hydrogen-bond acceptors (Lipinski definition) is 4. The first kappa shape index (κ1) is 24.2. The lowest BCUT2D eigenvalue weighted by Crippen LogP contribution is -2.44. The molecule has 4 rings (SSSR count). The van der Waals surface area contributed by atoms with Crippen LogP contribution in [0.25, 0.3) is 0 Å². The van der Waals surface area contributed by atoms with E-state index in [-0.39, 0.29) is 22.3 Å². The Labute approximate surface area is 201 Å². The number of ether oxygens (including phenoxy) is 1. The van der Waals surface area contributed by atoms with Gasteiger partial charge in [0.1, 0.15) is 0 Å². The molecule has 2 heterocycles. The van der Waals surface area contributed by atoms with Gasteiger partial charge in [0.25, 0.3) is 5.91 Å². The van der Waals surface area contributed by atoms with Gasteiger partial charge in [0, 0.05) is 48.3 Å². The third-order valence-electron chi connectivity index (χ3n) is 6.96. The molecule has 2 aliphatic rings. The van der Waals surface area contributed by atoms with Gasteiger partial charge < -0.3 is 10.1 Å². The van der Waals surface area contributed by atoms with Crippen LogP contribution in [-0.2, 0) is 20.2 Å². The first-order valence-corrected chi connectivity index (χ1v) is 13.4. The van der Waals surface area contributed by atoms with Gasteiger partial charge in [0.2, 0.25) is 10.0 Å². The number of nitrogens with one attached hydrogen (secondary N) is 1. The maximum Gasteiger partial charge on any atom is 0.251 e. The Bertz CT molecular complexity index is 1060. The van der Waals surface area contributed by atoms with Crippen molar-refractivity contribution in [3.05, 3.63) is 64.7 Å². The van der Waals surface area contributed by atoms with Crippen molar-refractivity contribution in [1.29, 1.82) is 0 Å². The third kappa shape index (κ3) is 5.27. The van der Waals surface area contributed by atoms with E-state index in [1.54, 1.807) is 16.4 Å². The molecule has 0 radical (unpaired) electrons. The average molecular weight is 491 g/mol. The van der Waals surface area contributed by atoms with Crippen LogP contribution in [-0.4, -0.2) is 51.0 Å². The molecule has 1 unspecified atom stereocenters. The lowest BCUT2D eigenvalue weighted by Gasteiger charge is -2.38. The zero-order chi connectivity index (χ0) is 23.5. The second kappa shape index (κ2) is 10.1. The van der Waals surface area contributed by atoms with E-state index < -0.39 is 10.0 Å². The molecule has 0 bridgehead atoms. The van der Waals surface area contributed by atoms with E-state index >= 15 is 0 Å². The first-order valence-electron chi connectivity index (χ1n) is 11.6. The molecule has 178 valence electrons. The van der Waals surface area contributed by atoms with E-state index in [9.17, 15) is 13.2 Å². The summed E-state index contributed by atoms with van der Waals surface area (Å²) >= 11 is 6.07. The number of benzene rings is 2. The summed E-state index contributed by atoms with van der Waals surface area (Å²) in [6, 6.07) is 14.0. The fourth-order valence-corrected chi connectivity index (χ4v) is 6.65. The molecule has 6 nitrogen and oxygen atoms in total. The molecule has 2 aromatic carbocycles. The highest BCUT2D eigenvalue weighted by Gasteiger charge is 2.35. The van der Waals surface area contributed by atoms with Crippen molar-refractivity contribution in [2.45, 2.75) is 55.4 Å². The molecule has 2 saturated heterocycles. The van der Waals surface area contributed by atoms with Crippen LogP contribution in [0.1, 0.15) is 54.9 Å². The zero-order valence-corrected chi connectivity index (χ0v) is 20.5. The second-order valence-corrected chi connectivity index (χ2v) is 11.4. The number of amides is 1. The van der Waals surface area contributed by atoms with Gasteiger partial charge in [0.15, 0.2) is 0 Å². The predicted octanol–water partition coefficient (Wildman–Crippen LogP) is 4.38. The molecule has 1 atom stereocenters. The van der Waals surface area contributed by atoms with Crippen molar-refractivity contribution in [1.82, 2.24) is 9.62 Å². The van der Waals surface area contributed by atoms with Gasteiger partial charge in [-0.15, -0.1) is 0 Å². The van der Waals surface area contributed by atoms with E-state index in [0.29, 0.717) is 36.9 Å². The molecule has 1 N–H and O–H groups in total. The van der Waals surface area contributed by atoms with Crippen molar-refractivity contribution in [3.8, 4) is 0 Å². The number of carbonyl (C=O) groups excluding carboxylic acids is 1. The molecule has 33 heavy (non-hydrogen) atoms. The number of nitrogens with zero attached hydrogens (tertiary/aromatic N) is 1. The van der Waals surface area contributed by atoms with Crippen LogP contribution >= 0.6 is 11.6 Å². The topological polar surface area (TPSA) is 75.7 Å². The second-order valence-electron chi connectivity index (χ2n) is 9.07. The minimum absolute atomic E-state index is 0.00439. The molecule has 8 heteroatoms. The van der Waals surface area contributed by atoms with Crippen molar-refractivity contribution in [2.24, 2.45) is 0 Å². The van der Waals surface area contributed by atoms with Gasteiger partial charge in [-0.3, -0.25) is 4.79 Å². The van der Waals surface area contributed by atoms with Gasteiger partial charge in [-0.2, -0.15) is 4.31 Å². The lowest BCUT2D eigenvalue weighted by atomic mass is 9.74. The van der Waals surface area contributed by atoms with E-state index in [1.807, 2.05) is 31.2 Å². The average Bonchev–Trinajstić information content (AvgIpc) is 2.84. The molecule has 2 aromatic rings. The lowest BCUT2D eigenvalue weighted by molar-refractivity contribution is 0.0487. The van der Waals surface area contributed by atoms with Crippen LogP contribution in [0.4, 0.5) is 0 Å². The summed E-state index contributed by atoms with van der Waals surface area (Å²) in [7, 11) is -3.56. The molecule has 1 amide bonds. The van der Waals surface area contributed by atoms with Crippen LogP contribution in [0, 0.1) is 0 Å². The van der Waals surface area contributed by atoms with Gasteiger partial charge in [-0.1, -0.05) is 30.2 Å². The quantitative estimate of drug-likeness (QED) is 0.652. The van der Waals surface area contributed by atoms with Crippen LogP contribution in [0.3, 0.4) is 0 Å². The molecule has 0 spiro atoms. The number of sulfonamides is 1. The fraction of sp³-hybridized carbons (Fsp3) is 0.480. The number of piperidine rings is 1. The predicted molar refractivity (Wildman–Crippen MR) is 129 cm³/mol. The van der Waals surface area contributed by atoms with Crippen molar-refractivity contribution in [3.63, 3.8) is 0 Å². The van der Waals surface area contributed by atoms with E-state index in [4.69, 9.17) is 16.3 Å². The minimum Gasteiger partial charge on any atom is -0.381 e. The summed E-state index contributed by atoms with van der Waals surface area (Å²) in [4.78, 5) is 13.1. The van der Waals surface area contributed by atoms with Gasteiger partial charge in [0.05, 0.1) is 4.90 Å². The summed E-state index contributed by atoms with van der Waals surface area (Å²) < 4.78 is 33.2. The summed E-state index contributed by atoms with van der Waals surface area (Å²) in [5.41, 5.74) is 1.36. The summed E-state index contributed by atoms with van der Waals surface area (Å²) in [6.45, 7) is 4.25. The van der Waals surface area contributed by atoms with Crippen LogP contribution in [0.5, 0.6) is 0 Å². The van der Waals surface area contributed by atoms with Gasteiger partial charge in [-0.05, 0) is 74.6 Å². The maximum atomic E-state index is 13.0. The maximum absolute atomic E-state index is 13.0. The standard InChI is InChI=1S/C25H31ClN2O4S/c1-19-4-2-3-15-28(19)33(30,31)23-11-5-20(6-12-23)24(29)27-18-25(13-16-32-17-14-25)21-7-9-22(26)10-8-21/h5-12,19H,2-4,13-18H2,1H3,(H,27,29). The Balaban J connectivity index is 1.46. The number of hydrogen-bond donors (Lipinski definition) is 1. The van der Waals surface area contributed by atoms with Crippen molar-refractivity contribution >= 4 is 27.5 Å². The van der Waals surface area contributed by atoms with Gasteiger partial charge >= 0.3 is 0 Å². The molecule has 2 fully saturated rings. The van der Waals surface area contributed by atoms with E-state index in [2.05, 4.69) is 5.32 Å². The minimum atomic E-state index is -3.56. The largest absolute Gasteiger partial charge is 0.381 e. The monoisotopic (exact) mass is 490 g/mol. The highest BCUT2D eigenvalue weighted by molar-refractivity contribution is 7.89. The Morgan fingerprint density at radius 2 is 1.76 bits per heavy atom. The summed E-state index contributed by atoms with van der Waals surface area (Å²) in [6.07, 6.45) is 4.42. The zero-order valence-electron chi connectivity index (χ0n) is 18.9. The van der Waals surface area contributed by atoms with Crippen molar-refractivity contribution in [2.75, 3.05) is 26.3 Å². The van der Waals surface area contributed by atoms with Crippen LogP contribution < -0.4 is 5.32 Å². The van der Waals surface area contributed by atoms with E-state index in [1.165, 1.54) is 12.1 Å². The summed E-state index contributed by atoms with van der Waals surface area (Å²) in [5, 5.41) is 3.74. The van der Waals surface area contributed by atoms with Crippen LogP contribution in [0.15, 0.2) is 53.4 Å². The Kier molecular flexibility index (Phi) is 7.43.